The lowest BCUT2D eigenvalue weighted by Crippen LogP contribution is -2.28. The summed E-state index contributed by atoms with van der Waals surface area (Å²) in [5.41, 5.74) is 0.701. The van der Waals surface area contributed by atoms with Gasteiger partial charge in [-0.2, -0.15) is 0 Å². The number of likely N-dealkylation sites (N-methyl/N-ethyl adjacent to an activating group) is 1. The summed E-state index contributed by atoms with van der Waals surface area (Å²) < 4.78 is 5.33. The van der Waals surface area contributed by atoms with E-state index in [9.17, 15) is 9.59 Å². The molecule has 0 fully saturated rings. The molecule has 0 aliphatic rings. The van der Waals surface area contributed by atoms with Crippen LogP contribution < -0.4 is 15.4 Å². The van der Waals surface area contributed by atoms with Gasteiger partial charge in [-0.1, -0.05) is 0 Å². The molecule has 22 heavy (non-hydrogen) atoms. The molecule has 0 bridgehead atoms. The van der Waals surface area contributed by atoms with Crippen molar-refractivity contribution in [2.24, 2.45) is 0 Å². The van der Waals surface area contributed by atoms with Gasteiger partial charge in [0.2, 0.25) is 5.91 Å². The van der Waals surface area contributed by atoms with Crippen molar-refractivity contribution in [3.63, 3.8) is 0 Å². The fourth-order valence-electron chi connectivity index (χ4n) is 1.77. The SMILES string of the molecule is C#CCCCCC(=O)Nc1ccc(OCC(=O)NCC)cc1. The van der Waals surface area contributed by atoms with E-state index in [1.165, 1.54) is 0 Å². The molecular formula is C17H22N2O3. The number of nitrogens with one attached hydrogen (secondary N) is 2. The Kier molecular flexibility index (Phi) is 8.21. The van der Waals surface area contributed by atoms with Crippen LogP contribution in [0.25, 0.3) is 0 Å². The molecule has 0 aromatic heterocycles. The van der Waals surface area contributed by atoms with Gasteiger partial charge in [-0.05, 0) is 44.0 Å². The standard InChI is InChI=1S/C17H22N2O3/c1-3-5-6-7-8-16(20)19-14-9-11-15(12-10-14)22-13-17(21)18-4-2/h1,9-12H,4-8,13H2,2H3,(H,18,21)(H,19,20). The number of anilines is 1. The molecular weight excluding hydrogens is 280 g/mol. The molecule has 0 aliphatic carbocycles. The number of carbonyl (C=O) groups is 2. The van der Waals surface area contributed by atoms with Crippen LogP contribution in [-0.4, -0.2) is 25.0 Å². The molecule has 5 heteroatoms. The van der Waals surface area contributed by atoms with Gasteiger partial charge in [-0.25, -0.2) is 0 Å². The second-order valence-electron chi connectivity index (χ2n) is 4.73. The van der Waals surface area contributed by atoms with Gasteiger partial charge in [0.05, 0.1) is 0 Å². The molecule has 0 aliphatic heterocycles. The first kappa shape index (κ1) is 17.6. The minimum atomic E-state index is -0.160. The monoisotopic (exact) mass is 302 g/mol. The van der Waals surface area contributed by atoms with Crippen molar-refractivity contribution in [1.29, 1.82) is 0 Å². The fourth-order valence-corrected chi connectivity index (χ4v) is 1.77. The molecule has 5 nitrogen and oxygen atoms in total. The van der Waals surface area contributed by atoms with E-state index in [2.05, 4.69) is 16.6 Å². The van der Waals surface area contributed by atoms with Crippen molar-refractivity contribution in [1.82, 2.24) is 5.32 Å². The lowest BCUT2D eigenvalue weighted by molar-refractivity contribution is -0.123. The van der Waals surface area contributed by atoms with E-state index < -0.39 is 0 Å². The first-order valence-corrected chi connectivity index (χ1v) is 7.38. The number of carbonyl (C=O) groups excluding carboxylic acids is 2. The van der Waals surface area contributed by atoms with E-state index in [4.69, 9.17) is 11.2 Å². The maximum atomic E-state index is 11.7. The van der Waals surface area contributed by atoms with Gasteiger partial charge in [-0.3, -0.25) is 9.59 Å². The summed E-state index contributed by atoms with van der Waals surface area (Å²) >= 11 is 0. The minimum Gasteiger partial charge on any atom is -0.484 e. The summed E-state index contributed by atoms with van der Waals surface area (Å²) in [6, 6.07) is 6.92. The molecule has 0 saturated carbocycles. The highest BCUT2D eigenvalue weighted by Gasteiger charge is 2.04. The molecule has 0 unspecified atom stereocenters. The normalized spacial score (nSPS) is 9.64. The van der Waals surface area contributed by atoms with Crippen LogP contribution in [0.2, 0.25) is 0 Å². The van der Waals surface area contributed by atoms with Crippen LogP contribution in [0.3, 0.4) is 0 Å². The minimum absolute atomic E-state index is 0.0191. The van der Waals surface area contributed by atoms with Crippen LogP contribution >= 0.6 is 0 Å². The third-order valence-electron chi connectivity index (χ3n) is 2.86. The summed E-state index contributed by atoms with van der Waals surface area (Å²) in [4.78, 5) is 23.0. The molecule has 0 radical (unpaired) electrons. The van der Waals surface area contributed by atoms with Gasteiger partial charge in [0.1, 0.15) is 5.75 Å². The van der Waals surface area contributed by atoms with E-state index in [0.29, 0.717) is 30.8 Å². The Hall–Kier alpha value is -2.48. The van der Waals surface area contributed by atoms with Crippen LogP contribution in [0, 0.1) is 12.3 Å². The number of benzene rings is 1. The highest BCUT2D eigenvalue weighted by atomic mass is 16.5. The van der Waals surface area contributed by atoms with Crippen LogP contribution in [0.1, 0.15) is 32.6 Å². The summed E-state index contributed by atoms with van der Waals surface area (Å²) in [6.07, 6.45) is 7.95. The third kappa shape index (κ3) is 7.34. The van der Waals surface area contributed by atoms with Crippen molar-refractivity contribution < 1.29 is 14.3 Å². The Morgan fingerprint density at radius 1 is 1.18 bits per heavy atom. The number of hydrogen-bond acceptors (Lipinski definition) is 3. The first-order chi connectivity index (χ1) is 10.7. The predicted molar refractivity (Wildman–Crippen MR) is 86.6 cm³/mol. The fraction of sp³-hybridized carbons (Fsp3) is 0.412. The van der Waals surface area contributed by atoms with Crippen molar-refractivity contribution in [2.45, 2.75) is 32.6 Å². The maximum absolute atomic E-state index is 11.7. The summed E-state index contributed by atoms with van der Waals surface area (Å²) in [7, 11) is 0. The van der Waals surface area contributed by atoms with Crippen LogP contribution in [-0.2, 0) is 9.59 Å². The smallest absolute Gasteiger partial charge is 0.257 e. The molecule has 2 N–H and O–H groups in total. The third-order valence-corrected chi connectivity index (χ3v) is 2.86. The van der Waals surface area contributed by atoms with Gasteiger partial charge in [0, 0.05) is 25.1 Å². The van der Waals surface area contributed by atoms with E-state index in [0.717, 1.165) is 12.8 Å². The van der Waals surface area contributed by atoms with E-state index in [1.54, 1.807) is 24.3 Å². The van der Waals surface area contributed by atoms with E-state index in [1.807, 2.05) is 6.92 Å². The van der Waals surface area contributed by atoms with Gasteiger partial charge in [-0.15, -0.1) is 12.3 Å². The zero-order valence-corrected chi connectivity index (χ0v) is 12.9. The molecule has 0 spiro atoms. The number of unbranched alkanes of at least 4 members (excludes halogenated alkanes) is 2. The Labute approximate surface area is 131 Å². The molecule has 1 aromatic rings. The molecule has 2 amide bonds. The van der Waals surface area contributed by atoms with Gasteiger partial charge in [0.25, 0.3) is 5.91 Å². The Bertz CT molecular complexity index is 518. The van der Waals surface area contributed by atoms with Crippen molar-refractivity contribution in [2.75, 3.05) is 18.5 Å². The number of rotatable bonds is 9. The van der Waals surface area contributed by atoms with Gasteiger partial charge >= 0.3 is 0 Å². The largest absolute Gasteiger partial charge is 0.484 e. The maximum Gasteiger partial charge on any atom is 0.257 e. The lowest BCUT2D eigenvalue weighted by atomic mass is 10.2. The van der Waals surface area contributed by atoms with Crippen molar-refractivity contribution >= 4 is 17.5 Å². The summed E-state index contributed by atoms with van der Waals surface area (Å²) in [5, 5.41) is 5.45. The summed E-state index contributed by atoms with van der Waals surface area (Å²) in [6.45, 7) is 2.41. The van der Waals surface area contributed by atoms with Crippen molar-refractivity contribution in [3.8, 4) is 18.1 Å². The lowest BCUT2D eigenvalue weighted by Gasteiger charge is -2.08. The molecule has 1 rings (SSSR count). The van der Waals surface area contributed by atoms with Crippen molar-refractivity contribution in [3.05, 3.63) is 24.3 Å². The van der Waals surface area contributed by atoms with Crippen LogP contribution in [0.4, 0.5) is 5.69 Å². The Morgan fingerprint density at radius 2 is 1.91 bits per heavy atom. The average molecular weight is 302 g/mol. The highest BCUT2D eigenvalue weighted by Crippen LogP contribution is 2.16. The van der Waals surface area contributed by atoms with Gasteiger partial charge in [0.15, 0.2) is 6.61 Å². The van der Waals surface area contributed by atoms with Crippen LogP contribution in [0.15, 0.2) is 24.3 Å². The molecule has 0 atom stereocenters. The quantitative estimate of drug-likeness (QED) is 0.543. The zero-order valence-electron chi connectivity index (χ0n) is 12.9. The second-order valence-corrected chi connectivity index (χ2v) is 4.73. The van der Waals surface area contributed by atoms with Crippen LogP contribution in [0.5, 0.6) is 5.75 Å². The van der Waals surface area contributed by atoms with E-state index in [-0.39, 0.29) is 18.4 Å². The molecule has 0 heterocycles. The summed E-state index contributed by atoms with van der Waals surface area (Å²) in [5.74, 6) is 2.94. The Balaban J connectivity index is 2.33. The zero-order chi connectivity index (χ0) is 16.2. The molecule has 118 valence electrons. The highest BCUT2D eigenvalue weighted by molar-refractivity contribution is 5.90. The number of terminal acetylenes is 1. The first-order valence-electron chi connectivity index (χ1n) is 7.38. The number of hydrogen-bond donors (Lipinski definition) is 2. The molecule has 0 saturated heterocycles. The number of amides is 2. The molecule has 1 aromatic carbocycles. The second kappa shape index (κ2) is 10.3. The predicted octanol–water partition coefficient (Wildman–Crippen LogP) is 2.33. The number of ether oxygens (including phenoxy) is 1. The Morgan fingerprint density at radius 3 is 2.55 bits per heavy atom. The van der Waals surface area contributed by atoms with Gasteiger partial charge < -0.3 is 15.4 Å². The average Bonchev–Trinajstić information content (AvgIpc) is 2.51. The van der Waals surface area contributed by atoms with E-state index >= 15 is 0 Å². The topological polar surface area (TPSA) is 67.4 Å².